The molecule has 0 aliphatic rings. The van der Waals surface area contributed by atoms with Crippen molar-refractivity contribution in [1.82, 2.24) is 118 Å². The fourth-order valence-electron chi connectivity index (χ4n) is 14.5. The van der Waals surface area contributed by atoms with E-state index >= 15 is 0 Å². The molecule has 19 aromatic rings. The Hall–Kier alpha value is -13.1. The Morgan fingerprint density at radius 3 is 0.647 bits per heavy atom. The normalized spacial score (nSPS) is 11.8. The zero-order chi connectivity index (χ0) is 95.4. The van der Waals surface area contributed by atoms with Crippen molar-refractivity contribution in [2.45, 2.75) is 149 Å². The van der Waals surface area contributed by atoms with Crippen molar-refractivity contribution in [3.05, 3.63) is 420 Å². The predicted molar refractivity (Wildman–Crippen MR) is 498 cm³/mol. The maximum absolute atomic E-state index is 12.9. The van der Waals surface area contributed by atoms with Crippen molar-refractivity contribution in [3.8, 4) is 69.1 Å². The molecule has 0 unspecified atom stereocenters. The number of alkyl halides is 6. The quantitative estimate of drug-likeness (QED) is 0.0539. The van der Waals surface area contributed by atoms with Gasteiger partial charge in [0.15, 0.2) is 0 Å². The van der Waals surface area contributed by atoms with Crippen molar-refractivity contribution in [2.24, 2.45) is 0 Å². The molecule has 0 spiro atoms. The Balaban J connectivity index is 0.000000165. The number of hydrogen-bond acceptors (Lipinski definition) is 16. The summed E-state index contributed by atoms with van der Waals surface area (Å²) in [5, 5.41) is 34.7. The summed E-state index contributed by atoms with van der Waals surface area (Å²) in [6.07, 6.45) is 14.6. The summed E-state index contributed by atoms with van der Waals surface area (Å²) in [6, 6.07) is 88.5. The molecule has 0 atom stereocenters. The zero-order valence-corrected chi connectivity index (χ0v) is 87.0. The van der Waals surface area contributed by atoms with Crippen LogP contribution in [0.3, 0.4) is 0 Å². The SMILES string of the molecule is CC(C)(C)c1c[c-]n(-c2cccc(C(C)(C)c3cccc(-n4[c-]cc(C(C)(C)C)n4)n3)n2)n1.CC(C)(c1cccc(-n2[c-]cc(-c3ccccc3)n2)n1)c1cccc(-n2[c-]cc(-c3ccccc3)n2)n1.CC(C)(c1cccc(-n2[c-]cc(C(F)(F)F)n2)n1)c1cccc(-n2[c-]cc(C(F)(F)F)n2)n1.Cc1c[c-]n(-c2cccc(C(C)(c3ccccc3)c3cccc(-n4[c-]cc(C)n4)n3)n2)n1.[Pt+2].[Pt+2].[Pt+2].[Pt+2]. The van der Waals surface area contributed by atoms with Crippen molar-refractivity contribution in [1.29, 1.82) is 0 Å². The molecule has 3 aromatic carbocycles. The number of rotatable bonds is 19. The van der Waals surface area contributed by atoms with Gasteiger partial charge in [-0.1, -0.05) is 304 Å². The molecular formula is C105H92F6N24Pt4. The van der Waals surface area contributed by atoms with Crippen molar-refractivity contribution >= 4 is 0 Å². The van der Waals surface area contributed by atoms with Crippen LogP contribution in [0, 0.1) is 63.4 Å². The van der Waals surface area contributed by atoms with Gasteiger partial charge in [-0.05, 0) is 148 Å². The third-order valence-electron chi connectivity index (χ3n) is 22.6. The second kappa shape index (κ2) is 43.1. The second-order valence-electron chi connectivity index (χ2n) is 35.7. The number of halogens is 6. The Morgan fingerprint density at radius 2 is 0.417 bits per heavy atom. The first-order chi connectivity index (χ1) is 64.3. The fourth-order valence-corrected chi connectivity index (χ4v) is 14.5. The van der Waals surface area contributed by atoms with Crippen molar-refractivity contribution in [2.75, 3.05) is 0 Å². The zero-order valence-electron chi connectivity index (χ0n) is 77.9. The molecule has 0 aliphatic carbocycles. The van der Waals surface area contributed by atoms with E-state index in [0.29, 0.717) is 34.7 Å². The molecule has 0 saturated carbocycles. The van der Waals surface area contributed by atoms with Gasteiger partial charge < -0.3 is 37.5 Å². The molecule has 24 nitrogen and oxygen atoms in total. The van der Waals surface area contributed by atoms with E-state index in [9.17, 15) is 26.3 Å². The molecule has 16 aromatic heterocycles. The number of hydrogen-bond donors (Lipinski definition) is 0. The molecule has 0 bridgehead atoms. The Morgan fingerprint density at radius 1 is 0.209 bits per heavy atom. The summed E-state index contributed by atoms with van der Waals surface area (Å²) < 4.78 is 89.1. The molecule has 0 fully saturated rings. The molecule has 714 valence electrons. The van der Waals surface area contributed by atoms with Crippen LogP contribution in [0.2, 0.25) is 0 Å². The van der Waals surface area contributed by atoms with Gasteiger partial charge >= 0.3 is 96.6 Å². The van der Waals surface area contributed by atoms with Gasteiger partial charge in [-0.2, -0.15) is 26.3 Å². The Labute approximate surface area is 859 Å². The van der Waals surface area contributed by atoms with Gasteiger partial charge in [0.1, 0.15) is 0 Å². The summed E-state index contributed by atoms with van der Waals surface area (Å²) in [7, 11) is 0. The van der Waals surface area contributed by atoms with Crippen LogP contribution >= 0.6 is 0 Å². The number of aromatic nitrogens is 24. The number of aryl methyl sites for hydroxylation is 2. The fraction of sp³-hybridized carbons (Fsp3) is 0.219. The van der Waals surface area contributed by atoms with Crippen LogP contribution in [0.5, 0.6) is 0 Å². The maximum atomic E-state index is 12.9. The summed E-state index contributed by atoms with van der Waals surface area (Å²) >= 11 is 0. The molecule has 0 radical (unpaired) electrons. The molecule has 16 heterocycles. The van der Waals surface area contributed by atoms with Gasteiger partial charge in [0.05, 0.1) is 63.3 Å². The third-order valence-corrected chi connectivity index (χ3v) is 22.6. The molecule has 0 amide bonds. The minimum atomic E-state index is -4.61. The number of nitrogens with zero attached hydrogens (tertiary/aromatic N) is 24. The maximum Gasteiger partial charge on any atom is 2.00 e. The first-order valence-corrected chi connectivity index (χ1v) is 43.2. The Bertz CT molecular complexity index is 6720. The van der Waals surface area contributed by atoms with Gasteiger partial charge in [0.25, 0.3) is 0 Å². The van der Waals surface area contributed by atoms with E-state index in [1.807, 2.05) is 238 Å². The van der Waals surface area contributed by atoms with E-state index < -0.39 is 45.4 Å². The van der Waals surface area contributed by atoms with Gasteiger partial charge in [-0.15, -0.1) is 48.5 Å². The molecule has 19 rings (SSSR count). The Kier molecular flexibility index (Phi) is 32.5. The minimum absolute atomic E-state index is 0. The molecule has 0 saturated heterocycles. The van der Waals surface area contributed by atoms with Crippen LogP contribution in [0.15, 0.2) is 285 Å². The monoisotopic (exact) mass is 2580 g/mol. The van der Waals surface area contributed by atoms with Crippen LogP contribution in [0.1, 0.15) is 175 Å². The number of pyridine rings is 8. The molecule has 0 aliphatic heterocycles. The van der Waals surface area contributed by atoms with E-state index in [1.165, 1.54) is 12.1 Å². The van der Waals surface area contributed by atoms with Crippen molar-refractivity contribution < 1.29 is 111 Å². The van der Waals surface area contributed by atoms with E-state index in [-0.39, 0.29) is 107 Å². The molecule has 0 N–H and O–H groups in total. The average Bonchev–Trinajstić information content (AvgIpc) is 1.36. The van der Waals surface area contributed by atoms with Crippen LogP contribution < -0.4 is 0 Å². The van der Waals surface area contributed by atoms with Crippen LogP contribution in [-0.4, -0.2) is 118 Å². The van der Waals surface area contributed by atoms with E-state index in [4.69, 9.17) is 50.3 Å². The van der Waals surface area contributed by atoms with Crippen LogP contribution in [0.4, 0.5) is 26.3 Å². The van der Waals surface area contributed by atoms with Gasteiger partial charge in [-0.25, -0.2) is 0 Å². The standard InChI is InChI=1S/C31H24N6.C27H32N6.C26H22N6.C21H14F6N6.4Pt/c1-31(2,27-15-9-17-29(32-27)36-21-19-25(34-36)23-11-5-3-6-12-23)28-16-10-18-30(33-28)37-22-20-26(35-37)24-13-7-4-8-14-24;1-25(2,3)19-15-17-32(30-19)23-13-9-11-21(28-23)27(7,8)22-12-10-14-24(29-22)33-18-16-20(31-33)26(4,5)6;1-19-15-17-31(29-19)24-13-7-11-22(27-24)26(3,21-9-5-4-6-10-21)23-12-8-14-25(28-23)32-18-16-20(2)30-32;1-19(2,13-5-3-7-17(28-13)32-11-9-15(30-32)20(22,23)24)14-6-4-8-18(29-14)33-12-10-16(31-33)21(25,26)27;;;;/h3-20H,1-2H3;9-16H,1-8H3;4-16H,1-3H3;3-10H,1-2H3;;;;/q4*-2;4*+2. The smallest absolute Gasteiger partial charge is 0.343 e. The summed E-state index contributed by atoms with van der Waals surface area (Å²) in [6.45, 7) is 30.9. The van der Waals surface area contributed by atoms with Gasteiger partial charge in [0, 0.05) is 61.8 Å². The van der Waals surface area contributed by atoms with Crippen LogP contribution in [0.25, 0.3) is 69.1 Å². The third kappa shape index (κ3) is 23.9. The van der Waals surface area contributed by atoms with Crippen molar-refractivity contribution in [3.63, 3.8) is 0 Å². The molecule has 139 heavy (non-hydrogen) atoms. The predicted octanol–water partition coefficient (Wildman–Crippen LogP) is 20.7. The van der Waals surface area contributed by atoms with E-state index in [0.717, 1.165) is 118 Å². The van der Waals surface area contributed by atoms with Crippen LogP contribution in [-0.2, 0) is 129 Å². The number of benzene rings is 3. The minimum Gasteiger partial charge on any atom is -0.343 e. The molecule has 34 heteroatoms. The summed E-state index contributed by atoms with van der Waals surface area (Å²) in [5.74, 6) is 4.54. The van der Waals surface area contributed by atoms with E-state index in [1.54, 1.807) is 66.2 Å². The largest absolute Gasteiger partial charge is 2.00 e. The second-order valence-corrected chi connectivity index (χ2v) is 35.7. The van der Waals surface area contributed by atoms with Gasteiger partial charge in [-0.3, -0.25) is 80.7 Å². The average molecular weight is 2580 g/mol. The topological polar surface area (TPSA) is 246 Å². The van der Waals surface area contributed by atoms with Gasteiger partial charge in [0.2, 0.25) is 0 Å². The first kappa shape index (κ1) is 105. The van der Waals surface area contributed by atoms with E-state index in [2.05, 4.69) is 168 Å². The first-order valence-electron chi connectivity index (χ1n) is 43.2. The summed E-state index contributed by atoms with van der Waals surface area (Å²) in [5.41, 5.74) is 10.2. The molecular weight excluding hydrogens is 2490 g/mol. The summed E-state index contributed by atoms with van der Waals surface area (Å²) in [4.78, 5) is 38.5.